The van der Waals surface area contributed by atoms with Crippen molar-refractivity contribution in [1.82, 2.24) is 0 Å². The van der Waals surface area contributed by atoms with Crippen molar-refractivity contribution in [2.45, 2.75) is 65.2 Å². The van der Waals surface area contributed by atoms with E-state index in [1.165, 1.54) is 44.9 Å². The van der Waals surface area contributed by atoms with Gasteiger partial charge in [-0.15, -0.1) is 4.58 Å². The Balaban J connectivity index is 0.00000324. The molecule has 0 amide bonds. The summed E-state index contributed by atoms with van der Waals surface area (Å²) >= 11 is 0. The second-order valence-corrected chi connectivity index (χ2v) is 5.50. The van der Waals surface area contributed by atoms with Gasteiger partial charge in [0.15, 0.2) is 13.1 Å². The molecule has 1 rings (SSSR count). The molecule has 0 saturated carbocycles. The van der Waals surface area contributed by atoms with E-state index in [9.17, 15) is 4.39 Å². The lowest BCUT2D eigenvalue weighted by Crippen LogP contribution is -3.13. The molecule has 0 aromatic rings. The van der Waals surface area contributed by atoms with Crippen molar-refractivity contribution < 1.29 is 30.8 Å². The van der Waals surface area contributed by atoms with Crippen LogP contribution in [0.4, 0.5) is 4.39 Å². The first-order chi connectivity index (χ1) is 8.79. The third kappa shape index (κ3) is 7.40. The van der Waals surface area contributed by atoms with Crippen LogP contribution in [-0.2, 0) is 0 Å². The van der Waals surface area contributed by atoms with E-state index in [1.807, 2.05) is 4.58 Å². The summed E-state index contributed by atoms with van der Waals surface area (Å²) in [5.41, 5.74) is 0. The van der Waals surface area contributed by atoms with Crippen molar-refractivity contribution in [3.63, 3.8) is 0 Å². The van der Waals surface area contributed by atoms with Crippen LogP contribution >= 0.6 is 0 Å². The van der Waals surface area contributed by atoms with Gasteiger partial charge in [-0.2, -0.15) is 0 Å². The number of halogens is 2. The lowest BCUT2D eigenvalue weighted by molar-refractivity contribution is -0.809. The van der Waals surface area contributed by atoms with Gasteiger partial charge < -0.3 is 17.0 Å². The van der Waals surface area contributed by atoms with Crippen LogP contribution in [-0.4, -0.2) is 36.8 Å². The minimum Gasteiger partial charge on any atom is -1.00 e. The van der Waals surface area contributed by atoms with Crippen molar-refractivity contribution in [3.8, 4) is 0 Å². The zero-order valence-electron chi connectivity index (χ0n) is 12.7. The van der Waals surface area contributed by atoms with Gasteiger partial charge in [0.2, 0.25) is 0 Å². The first-order valence-corrected chi connectivity index (χ1v) is 7.92. The van der Waals surface area contributed by atoms with Gasteiger partial charge in [-0.05, 0) is 19.3 Å². The van der Waals surface area contributed by atoms with E-state index in [0.717, 1.165) is 37.5 Å². The fraction of sp³-hybridized carbons (Fsp3) is 0.933. The summed E-state index contributed by atoms with van der Waals surface area (Å²) in [5, 5.41) is 0. The predicted octanol–water partition coefficient (Wildman–Crippen LogP) is -0.612. The Labute approximate surface area is 128 Å². The lowest BCUT2D eigenvalue weighted by Gasteiger charge is -2.04. The van der Waals surface area contributed by atoms with E-state index < -0.39 is 0 Å². The summed E-state index contributed by atoms with van der Waals surface area (Å²) in [6, 6.07) is 0. The average Bonchev–Trinajstić information content (AvgIpc) is 2.72. The van der Waals surface area contributed by atoms with Gasteiger partial charge in [0.25, 0.3) is 0 Å². The van der Waals surface area contributed by atoms with Gasteiger partial charge in [0.05, 0.1) is 6.54 Å². The number of nitrogens with zero attached hydrogens (tertiary/aromatic N) is 1. The van der Waals surface area contributed by atoms with Crippen molar-refractivity contribution >= 4 is 6.09 Å². The number of hydrogen-bond donors (Lipinski definition) is 1. The highest BCUT2D eigenvalue weighted by atomic mass is 79.9. The fourth-order valence-electron chi connectivity index (χ4n) is 2.63. The maximum absolute atomic E-state index is 14.1. The van der Waals surface area contributed by atoms with Crippen molar-refractivity contribution in [2.24, 2.45) is 0 Å². The molecule has 0 aliphatic carbocycles. The molecule has 1 aliphatic heterocycles. The second kappa shape index (κ2) is 11.8. The second-order valence-electron chi connectivity index (χ2n) is 5.50. The summed E-state index contributed by atoms with van der Waals surface area (Å²) in [6.07, 6.45) is 9.99. The van der Waals surface area contributed by atoms with Gasteiger partial charge in [0, 0.05) is 6.42 Å². The molecule has 4 heteroatoms. The smallest absolute Gasteiger partial charge is 0.535 e. The van der Waals surface area contributed by atoms with Gasteiger partial charge in [0.1, 0.15) is 6.54 Å². The molecule has 114 valence electrons. The number of hydrogen-bond acceptors (Lipinski definition) is 0. The number of nitrogens with one attached hydrogen (secondary N) is 1. The topological polar surface area (TPSA) is 7.45 Å². The van der Waals surface area contributed by atoms with Crippen LogP contribution < -0.4 is 21.9 Å². The van der Waals surface area contributed by atoms with E-state index in [0.29, 0.717) is 0 Å². The van der Waals surface area contributed by atoms with E-state index in [4.69, 9.17) is 0 Å². The molecule has 1 unspecified atom stereocenters. The maximum Gasteiger partial charge on any atom is 0.535 e. The molecule has 0 saturated heterocycles. The average molecular weight is 338 g/mol. The zero-order valence-corrected chi connectivity index (χ0v) is 14.3. The Hall–Kier alpha value is 0.0400. The summed E-state index contributed by atoms with van der Waals surface area (Å²) in [4.78, 5) is 1.08. The predicted molar refractivity (Wildman–Crippen MR) is 75.1 cm³/mol. The summed E-state index contributed by atoms with van der Waals surface area (Å²) < 4.78 is 16.0. The van der Waals surface area contributed by atoms with Crippen molar-refractivity contribution in [3.05, 3.63) is 0 Å². The fourth-order valence-corrected chi connectivity index (χ4v) is 2.63. The Morgan fingerprint density at radius 2 is 1.63 bits per heavy atom. The Morgan fingerprint density at radius 3 is 2.26 bits per heavy atom. The van der Waals surface area contributed by atoms with Crippen LogP contribution in [0.3, 0.4) is 0 Å². The molecular weight excluding hydrogens is 307 g/mol. The van der Waals surface area contributed by atoms with Gasteiger partial charge in [-0.25, -0.2) is 4.90 Å². The third-order valence-electron chi connectivity index (χ3n) is 3.87. The summed E-state index contributed by atoms with van der Waals surface area (Å²) in [6.45, 7) is 8.21. The van der Waals surface area contributed by atoms with Crippen molar-refractivity contribution in [1.29, 1.82) is 0 Å². The highest BCUT2D eigenvalue weighted by Gasteiger charge is 2.35. The lowest BCUT2D eigenvalue weighted by atomic mass is 10.2. The Bertz CT molecular complexity index is 257. The summed E-state index contributed by atoms with van der Waals surface area (Å²) in [5.74, 6) is 0. The molecule has 19 heavy (non-hydrogen) atoms. The van der Waals surface area contributed by atoms with Gasteiger partial charge in [-0.1, -0.05) is 43.9 Å². The molecule has 0 aromatic carbocycles. The van der Waals surface area contributed by atoms with E-state index in [-0.39, 0.29) is 23.1 Å². The van der Waals surface area contributed by atoms with Crippen LogP contribution in [0.1, 0.15) is 65.2 Å². The molecular formula is C15H31BrFN2+. The molecule has 1 atom stereocenters. The highest BCUT2D eigenvalue weighted by Crippen LogP contribution is 2.00. The molecule has 2 nitrogen and oxygen atoms in total. The van der Waals surface area contributed by atoms with Crippen molar-refractivity contribution in [2.75, 3.05) is 26.2 Å². The minimum absolute atomic E-state index is 0. The minimum atomic E-state index is 0. The molecule has 1 aliphatic rings. The molecule has 0 bridgehead atoms. The first kappa shape index (κ1) is 19.0. The maximum atomic E-state index is 14.1. The quantitative estimate of drug-likeness (QED) is 0.309. The van der Waals surface area contributed by atoms with Crippen LogP contribution in [0.5, 0.6) is 0 Å². The SMILES string of the molecule is CCCCCC[N+]1=C(F)[NH+](CCCCCC)CC1.[Br-]. The molecule has 0 fully saturated rings. The number of unbranched alkanes of at least 4 members (excludes halogenated alkanes) is 6. The van der Waals surface area contributed by atoms with Crippen LogP contribution in [0.25, 0.3) is 0 Å². The number of amidine groups is 1. The molecule has 1 N–H and O–H groups in total. The molecule has 0 spiro atoms. The number of quaternary nitrogens is 1. The normalized spacial score (nSPS) is 18.8. The standard InChI is InChI=1S/C15H30FN2.BrH/c1-3-5-7-9-11-17-13-14-18(15(17)16)12-10-8-6-4-2;/h3-14H2,1-2H3;1H/q+1;. The highest BCUT2D eigenvalue weighted by molar-refractivity contribution is 5.57. The summed E-state index contributed by atoms with van der Waals surface area (Å²) in [7, 11) is 0. The molecule has 1 heterocycles. The largest absolute Gasteiger partial charge is 1.00 e. The van der Waals surface area contributed by atoms with Crippen LogP contribution in [0, 0.1) is 0 Å². The number of rotatable bonds is 10. The van der Waals surface area contributed by atoms with Gasteiger partial charge in [-0.3, -0.25) is 0 Å². The third-order valence-corrected chi connectivity index (χ3v) is 3.87. The molecule has 0 aromatic heterocycles. The Morgan fingerprint density at radius 1 is 1.00 bits per heavy atom. The van der Waals surface area contributed by atoms with Crippen LogP contribution in [0.15, 0.2) is 0 Å². The first-order valence-electron chi connectivity index (χ1n) is 7.92. The van der Waals surface area contributed by atoms with Crippen LogP contribution in [0.2, 0.25) is 0 Å². The Kier molecular flexibility index (Phi) is 11.9. The monoisotopic (exact) mass is 337 g/mol. The zero-order chi connectivity index (χ0) is 13.2. The van der Waals surface area contributed by atoms with E-state index in [1.54, 1.807) is 0 Å². The van der Waals surface area contributed by atoms with E-state index in [2.05, 4.69) is 13.8 Å². The van der Waals surface area contributed by atoms with E-state index >= 15 is 0 Å². The molecule has 0 radical (unpaired) electrons. The van der Waals surface area contributed by atoms with Gasteiger partial charge >= 0.3 is 6.09 Å².